The molecule has 0 heterocycles. The van der Waals surface area contributed by atoms with Crippen molar-refractivity contribution in [3.63, 3.8) is 0 Å². The molecule has 0 unspecified atom stereocenters. The first-order chi connectivity index (χ1) is 15.0. The van der Waals surface area contributed by atoms with E-state index >= 15 is 0 Å². The lowest BCUT2D eigenvalue weighted by molar-refractivity contribution is 0.0590. The van der Waals surface area contributed by atoms with Crippen molar-refractivity contribution in [3.8, 4) is 0 Å². The molecule has 3 aliphatic rings. The summed E-state index contributed by atoms with van der Waals surface area (Å²) in [5, 5.41) is 30.5. The summed E-state index contributed by atoms with van der Waals surface area (Å²) in [5.74, 6) is 2.11. The van der Waals surface area contributed by atoms with E-state index in [-0.39, 0.29) is 0 Å². The number of rotatable bonds is 7. The highest BCUT2D eigenvalue weighted by atomic mass is 16.3. The molecule has 182 valence electrons. The van der Waals surface area contributed by atoms with Crippen molar-refractivity contribution in [2.45, 2.75) is 123 Å². The van der Waals surface area contributed by atoms with Gasteiger partial charge in [0.25, 0.3) is 0 Å². The van der Waals surface area contributed by atoms with Crippen LogP contribution >= 0.6 is 0 Å². The molecule has 3 heteroatoms. The van der Waals surface area contributed by atoms with Gasteiger partial charge < -0.3 is 15.3 Å². The number of hydrogen-bond donors (Lipinski definition) is 3. The second-order valence-corrected chi connectivity index (χ2v) is 12.0. The minimum Gasteiger partial charge on any atom is -0.393 e. The van der Waals surface area contributed by atoms with Crippen LogP contribution in [0.15, 0.2) is 34.9 Å². The van der Waals surface area contributed by atoms with E-state index in [9.17, 15) is 15.3 Å². The van der Waals surface area contributed by atoms with Crippen LogP contribution in [-0.4, -0.2) is 33.1 Å². The van der Waals surface area contributed by atoms with Gasteiger partial charge in [-0.3, -0.25) is 0 Å². The van der Waals surface area contributed by atoms with Crippen LogP contribution in [0, 0.1) is 23.2 Å². The highest BCUT2D eigenvalue weighted by Crippen LogP contribution is 2.60. The third-order valence-electron chi connectivity index (χ3n) is 8.78. The van der Waals surface area contributed by atoms with E-state index in [0.29, 0.717) is 36.5 Å². The fourth-order valence-corrected chi connectivity index (χ4v) is 7.26. The van der Waals surface area contributed by atoms with Gasteiger partial charge in [0, 0.05) is 0 Å². The van der Waals surface area contributed by atoms with Crippen LogP contribution in [0.5, 0.6) is 0 Å². The van der Waals surface area contributed by atoms with E-state index in [2.05, 4.69) is 39.0 Å². The van der Waals surface area contributed by atoms with Gasteiger partial charge in [-0.2, -0.15) is 0 Å². The van der Waals surface area contributed by atoms with E-state index in [1.165, 1.54) is 49.7 Å². The summed E-state index contributed by atoms with van der Waals surface area (Å²) in [6.07, 6.45) is 17.3. The second kappa shape index (κ2) is 10.6. The Morgan fingerprint density at radius 1 is 1.19 bits per heavy atom. The molecule has 0 aromatic rings. The van der Waals surface area contributed by atoms with E-state index in [0.717, 1.165) is 18.8 Å². The summed E-state index contributed by atoms with van der Waals surface area (Å²) in [7, 11) is 0. The molecule has 0 spiro atoms. The van der Waals surface area contributed by atoms with E-state index < -0.39 is 17.8 Å². The predicted octanol–water partition coefficient (Wildman–Crippen LogP) is 6.48. The standard InChI is InChI=1S/C29H48O3/c1-6-9-21(23-17-24(30)19-25(31)18-23)16-22-11-8-15-29(5)26(12-13-27(22)29)20(2)10-7-14-28(3,4)32/h6,9,16,20,24-27,30-32H,7-8,10-15,17-19H2,1-5H3/b9-6-,22-16+/t20-,24-,25-,26-,27+,29-/m1/s1. The molecule has 32 heavy (non-hydrogen) atoms. The van der Waals surface area contributed by atoms with Crippen molar-refractivity contribution in [3.05, 3.63) is 34.9 Å². The minimum absolute atomic E-state index is 0.371. The van der Waals surface area contributed by atoms with Gasteiger partial charge in [-0.25, -0.2) is 0 Å². The average Bonchev–Trinajstić information content (AvgIpc) is 3.03. The van der Waals surface area contributed by atoms with E-state index in [1.807, 2.05) is 13.8 Å². The van der Waals surface area contributed by atoms with Crippen molar-refractivity contribution in [2.24, 2.45) is 23.2 Å². The molecule has 0 radical (unpaired) electrons. The molecule has 0 aromatic heterocycles. The molecule has 3 N–H and O–H groups in total. The maximum atomic E-state index is 10.2. The van der Waals surface area contributed by atoms with Crippen LogP contribution in [0.2, 0.25) is 0 Å². The highest BCUT2D eigenvalue weighted by molar-refractivity contribution is 5.40. The van der Waals surface area contributed by atoms with Crippen molar-refractivity contribution in [2.75, 3.05) is 0 Å². The van der Waals surface area contributed by atoms with Crippen LogP contribution in [-0.2, 0) is 0 Å². The minimum atomic E-state index is -0.556. The third kappa shape index (κ3) is 6.15. The molecule has 0 aliphatic heterocycles. The zero-order valence-corrected chi connectivity index (χ0v) is 21.2. The van der Waals surface area contributed by atoms with Crippen molar-refractivity contribution >= 4 is 0 Å². The van der Waals surface area contributed by atoms with Gasteiger partial charge in [0.1, 0.15) is 0 Å². The first-order valence-electron chi connectivity index (χ1n) is 13.2. The Morgan fingerprint density at radius 2 is 1.88 bits per heavy atom. The number of allylic oxidation sites excluding steroid dienone is 5. The predicted molar refractivity (Wildman–Crippen MR) is 133 cm³/mol. The van der Waals surface area contributed by atoms with Crippen molar-refractivity contribution < 1.29 is 15.3 Å². The lowest BCUT2D eigenvalue weighted by Crippen LogP contribution is -2.36. The Morgan fingerprint density at radius 3 is 2.50 bits per heavy atom. The third-order valence-corrected chi connectivity index (χ3v) is 8.78. The highest BCUT2D eigenvalue weighted by Gasteiger charge is 2.50. The summed E-state index contributed by atoms with van der Waals surface area (Å²) in [5.41, 5.74) is 3.85. The molecule has 3 aliphatic carbocycles. The quantitative estimate of drug-likeness (QED) is 0.421. The Bertz CT molecular complexity index is 713. The van der Waals surface area contributed by atoms with Crippen LogP contribution in [0.1, 0.15) is 105 Å². The summed E-state index contributed by atoms with van der Waals surface area (Å²) in [4.78, 5) is 0. The summed E-state index contributed by atoms with van der Waals surface area (Å²) in [6.45, 7) is 10.9. The number of aliphatic hydroxyl groups excluding tert-OH is 2. The molecular weight excluding hydrogens is 396 g/mol. The molecule has 3 rings (SSSR count). The summed E-state index contributed by atoms with van der Waals surface area (Å²) < 4.78 is 0. The maximum Gasteiger partial charge on any atom is 0.0602 e. The van der Waals surface area contributed by atoms with Gasteiger partial charge in [-0.05, 0) is 107 Å². The molecule has 0 amide bonds. The van der Waals surface area contributed by atoms with Crippen LogP contribution < -0.4 is 0 Å². The normalized spacial score (nSPS) is 36.0. The first-order valence-corrected chi connectivity index (χ1v) is 13.2. The summed E-state index contributed by atoms with van der Waals surface area (Å²) in [6, 6.07) is 0. The van der Waals surface area contributed by atoms with E-state index in [1.54, 1.807) is 5.57 Å². The van der Waals surface area contributed by atoms with Crippen molar-refractivity contribution in [1.82, 2.24) is 0 Å². The fraction of sp³-hybridized carbons (Fsp3) is 0.793. The Labute approximate surface area is 196 Å². The van der Waals surface area contributed by atoms with Crippen molar-refractivity contribution in [1.29, 1.82) is 0 Å². The van der Waals surface area contributed by atoms with Gasteiger partial charge in [0.15, 0.2) is 0 Å². The molecule has 3 fully saturated rings. The zero-order chi connectivity index (χ0) is 23.5. The lowest BCUT2D eigenvalue weighted by atomic mass is 9.60. The lowest BCUT2D eigenvalue weighted by Gasteiger charge is -2.44. The largest absolute Gasteiger partial charge is 0.393 e. The molecule has 0 saturated heterocycles. The molecular formula is C29H48O3. The smallest absolute Gasteiger partial charge is 0.0602 e. The molecule has 0 bridgehead atoms. The topological polar surface area (TPSA) is 60.7 Å². The zero-order valence-electron chi connectivity index (χ0n) is 21.2. The van der Waals surface area contributed by atoms with Gasteiger partial charge >= 0.3 is 0 Å². The number of fused-ring (bicyclic) bond motifs is 1. The molecule has 3 nitrogen and oxygen atoms in total. The van der Waals surface area contributed by atoms with Crippen LogP contribution in [0.3, 0.4) is 0 Å². The second-order valence-electron chi connectivity index (χ2n) is 12.0. The van der Waals surface area contributed by atoms with Gasteiger partial charge in [-0.1, -0.05) is 56.1 Å². The molecule has 3 saturated carbocycles. The summed E-state index contributed by atoms with van der Waals surface area (Å²) >= 11 is 0. The molecule has 0 aromatic carbocycles. The number of aliphatic hydroxyl groups is 3. The van der Waals surface area contributed by atoms with Crippen LogP contribution in [0.4, 0.5) is 0 Å². The number of hydrogen-bond acceptors (Lipinski definition) is 3. The van der Waals surface area contributed by atoms with Gasteiger partial charge in [0.2, 0.25) is 0 Å². The van der Waals surface area contributed by atoms with E-state index in [4.69, 9.17) is 0 Å². The first kappa shape index (κ1) is 25.7. The van der Waals surface area contributed by atoms with Gasteiger partial charge in [0.05, 0.1) is 17.8 Å². The SMILES string of the molecule is C/C=C\C(/C=C1\CCC[C@]2(C)[C@@H]([C@H](C)CCCC(C)(C)O)CC[C@@H]12)=C1C[C@@H](O)C[C@H](O)C1. The Balaban J connectivity index is 1.79. The Kier molecular flexibility index (Phi) is 8.50. The maximum absolute atomic E-state index is 10.2. The Hall–Kier alpha value is -0.900. The molecule has 6 atom stereocenters. The average molecular weight is 445 g/mol. The monoisotopic (exact) mass is 444 g/mol. The fourth-order valence-electron chi connectivity index (χ4n) is 7.26. The van der Waals surface area contributed by atoms with Gasteiger partial charge in [-0.15, -0.1) is 0 Å². The van der Waals surface area contributed by atoms with Crippen LogP contribution in [0.25, 0.3) is 0 Å².